The highest BCUT2D eigenvalue weighted by Gasteiger charge is 2.53. The fraction of sp³-hybridized carbons (Fsp3) is 0.567. The van der Waals surface area contributed by atoms with Gasteiger partial charge in [-0.3, -0.25) is 9.80 Å². The van der Waals surface area contributed by atoms with Crippen molar-refractivity contribution in [1.29, 1.82) is 0 Å². The number of aliphatic hydroxyl groups excluding tert-OH is 1. The molecule has 2 bridgehead atoms. The maximum Gasteiger partial charge on any atom is 0.331 e. The van der Waals surface area contributed by atoms with Gasteiger partial charge in [0, 0.05) is 12.5 Å². The van der Waals surface area contributed by atoms with E-state index in [9.17, 15) is 9.90 Å². The van der Waals surface area contributed by atoms with Crippen LogP contribution < -0.4 is 0 Å². The van der Waals surface area contributed by atoms with Gasteiger partial charge in [0.05, 0.1) is 6.10 Å². The second kappa shape index (κ2) is 11.6. The van der Waals surface area contributed by atoms with Crippen LogP contribution in [0.5, 0.6) is 0 Å². The summed E-state index contributed by atoms with van der Waals surface area (Å²) in [5.74, 6) is 0.217. The molecular weight excluding hydrogens is 472 g/mol. The predicted molar refractivity (Wildman–Crippen MR) is 145 cm³/mol. The van der Waals surface area contributed by atoms with Crippen molar-refractivity contribution < 1.29 is 14.6 Å². The summed E-state index contributed by atoms with van der Waals surface area (Å²) in [5, 5.41) is 10.9. The van der Waals surface area contributed by atoms with Crippen LogP contribution in [0.4, 0.5) is 0 Å². The van der Waals surface area contributed by atoms with Gasteiger partial charge in [-0.15, -0.1) is 12.4 Å². The normalized spacial score (nSPS) is 28.5. The van der Waals surface area contributed by atoms with E-state index in [0.717, 1.165) is 69.5 Å². The van der Waals surface area contributed by atoms with Gasteiger partial charge in [-0.2, -0.15) is 0 Å². The Hall–Kier alpha value is -1.92. The zero-order chi connectivity index (χ0) is 24.3. The van der Waals surface area contributed by atoms with Gasteiger partial charge >= 0.3 is 5.97 Å². The summed E-state index contributed by atoms with van der Waals surface area (Å²) >= 11 is 0. The van der Waals surface area contributed by atoms with E-state index in [1.165, 1.54) is 6.42 Å². The minimum absolute atomic E-state index is 0. The van der Waals surface area contributed by atoms with Crippen LogP contribution in [0, 0.1) is 5.92 Å². The van der Waals surface area contributed by atoms with Gasteiger partial charge in [0.15, 0.2) is 0 Å². The molecule has 2 aromatic carbocycles. The highest BCUT2D eigenvalue weighted by Crippen LogP contribution is 2.44. The topological polar surface area (TPSA) is 53.0 Å². The number of benzene rings is 2. The quantitative estimate of drug-likeness (QED) is 0.484. The van der Waals surface area contributed by atoms with Crippen LogP contribution in [0.2, 0.25) is 0 Å². The summed E-state index contributed by atoms with van der Waals surface area (Å²) in [5.41, 5.74) is 0.582. The molecule has 0 amide bonds. The van der Waals surface area contributed by atoms with Crippen molar-refractivity contribution in [2.24, 2.45) is 5.92 Å². The summed E-state index contributed by atoms with van der Waals surface area (Å²) in [6.45, 7) is 6.81. The van der Waals surface area contributed by atoms with Crippen molar-refractivity contribution >= 4 is 18.4 Å². The fourth-order valence-electron chi connectivity index (χ4n) is 6.61. The number of likely N-dealkylation sites (tertiary alicyclic amines) is 1. The van der Waals surface area contributed by atoms with Gasteiger partial charge in [-0.05, 0) is 82.8 Å². The first kappa shape index (κ1) is 27.1. The average molecular weight is 513 g/mol. The van der Waals surface area contributed by atoms with Crippen LogP contribution >= 0.6 is 12.4 Å². The first-order valence-electron chi connectivity index (χ1n) is 13.5. The Balaban J connectivity index is 0.00000304. The van der Waals surface area contributed by atoms with Crippen LogP contribution in [0.15, 0.2) is 60.7 Å². The van der Waals surface area contributed by atoms with Gasteiger partial charge in [0.25, 0.3) is 0 Å². The lowest BCUT2D eigenvalue weighted by Gasteiger charge is -2.54. The third-order valence-corrected chi connectivity index (χ3v) is 8.87. The first-order valence-corrected chi connectivity index (χ1v) is 13.5. The molecule has 0 unspecified atom stereocenters. The molecule has 6 heteroatoms. The lowest BCUT2D eigenvalue weighted by atomic mass is 9.72. The van der Waals surface area contributed by atoms with Crippen LogP contribution in [0.3, 0.4) is 0 Å². The monoisotopic (exact) mass is 512 g/mol. The Bertz CT molecular complexity index is 976. The van der Waals surface area contributed by atoms with Crippen molar-refractivity contribution in [3.8, 4) is 0 Å². The molecule has 0 spiro atoms. The van der Waals surface area contributed by atoms with E-state index in [4.69, 9.17) is 4.74 Å². The third kappa shape index (κ3) is 5.35. The number of hydrogen-bond acceptors (Lipinski definition) is 5. The number of halogens is 1. The number of piperidine rings is 4. The number of hydrogen-bond donors (Lipinski definition) is 1. The molecule has 4 heterocycles. The summed E-state index contributed by atoms with van der Waals surface area (Å²) in [6, 6.07) is 20.0. The van der Waals surface area contributed by atoms with Crippen LogP contribution in [0.1, 0.15) is 69.1 Å². The molecule has 4 fully saturated rings. The number of aliphatic hydroxyl groups is 1. The van der Waals surface area contributed by atoms with Crippen molar-refractivity contribution in [3.63, 3.8) is 0 Å². The second-order valence-corrected chi connectivity index (χ2v) is 11.0. The van der Waals surface area contributed by atoms with Gasteiger partial charge in [-0.1, -0.05) is 67.1 Å². The number of rotatable bonds is 8. The Morgan fingerprint density at radius 1 is 1.00 bits per heavy atom. The molecule has 0 saturated carbocycles. The van der Waals surface area contributed by atoms with Crippen LogP contribution in [-0.4, -0.2) is 59.2 Å². The van der Waals surface area contributed by atoms with Crippen molar-refractivity contribution in [2.75, 3.05) is 32.7 Å². The van der Waals surface area contributed by atoms with Crippen molar-refractivity contribution in [1.82, 2.24) is 9.80 Å². The Kier molecular flexibility index (Phi) is 8.77. The molecule has 4 saturated heterocycles. The molecule has 6 rings (SSSR count). The fourth-order valence-corrected chi connectivity index (χ4v) is 6.61. The third-order valence-electron chi connectivity index (χ3n) is 8.87. The van der Waals surface area contributed by atoms with E-state index in [0.29, 0.717) is 18.8 Å². The molecule has 196 valence electrons. The molecule has 0 radical (unpaired) electrons. The molecule has 4 aliphatic rings. The first-order chi connectivity index (χ1) is 17.0. The number of esters is 1. The standard InChI is InChI=1S/C30H40N2O3.ClH/c1-29(25-13-7-3-8-14-25,32-19-9-4-10-20-32)28(34)35-30(23-31-21-16-26(30)17-22-31)18-15-27(33)24-11-5-2-6-12-24;/h2-3,5-8,11-14,26-27,33H,4,9-10,15-23H2,1H3;1H/t27-,29-,30-;/m0./s1. The smallest absolute Gasteiger partial charge is 0.331 e. The van der Waals surface area contributed by atoms with Gasteiger partial charge < -0.3 is 9.84 Å². The van der Waals surface area contributed by atoms with E-state index in [-0.39, 0.29) is 18.4 Å². The highest BCUT2D eigenvalue weighted by atomic mass is 35.5. The zero-order valence-corrected chi connectivity index (χ0v) is 22.3. The largest absolute Gasteiger partial charge is 0.456 e. The number of carbonyl (C=O) groups is 1. The average Bonchev–Trinajstić information content (AvgIpc) is 2.93. The maximum atomic E-state index is 14.3. The Labute approximate surface area is 222 Å². The Morgan fingerprint density at radius 3 is 2.19 bits per heavy atom. The lowest BCUT2D eigenvalue weighted by molar-refractivity contribution is -0.200. The van der Waals surface area contributed by atoms with E-state index in [2.05, 4.69) is 28.9 Å². The second-order valence-electron chi connectivity index (χ2n) is 11.0. The molecule has 2 aromatic rings. The zero-order valence-electron chi connectivity index (χ0n) is 21.5. The summed E-state index contributed by atoms with van der Waals surface area (Å²) in [4.78, 5) is 19.1. The summed E-state index contributed by atoms with van der Waals surface area (Å²) < 4.78 is 6.74. The minimum atomic E-state index is -0.807. The molecule has 5 nitrogen and oxygen atoms in total. The molecule has 1 N–H and O–H groups in total. The molecule has 3 atom stereocenters. The van der Waals surface area contributed by atoms with E-state index in [1.807, 2.05) is 48.5 Å². The summed E-state index contributed by atoms with van der Waals surface area (Å²) in [6.07, 6.45) is 6.27. The van der Waals surface area contributed by atoms with Crippen molar-refractivity contribution in [3.05, 3.63) is 71.8 Å². The van der Waals surface area contributed by atoms with Gasteiger partial charge in [0.2, 0.25) is 0 Å². The minimum Gasteiger partial charge on any atom is -0.456 e. The van der Waals surface area contributed by atoms with Crippen molar-refractivity contribution in [2.45, 2.75) is 69.1 Å². The molecular formula is C30H41ClN2O3. The molecule has 0 aromatic heterocycles. The number of carbonyl (C=O) groups excluding carboxylic acids is 1. The number of nitrogens with zero attached hydrogens (tertiary/aromatic N) is 2. The van der Waals surface area contributed by atoms with E-state index >= 15 is 0 Å². The SMILES string of the molecule is C[C@@](C(=O)O[C@@]1(CC[C@H](O)c2ccccc2)CN2CCC1CC2)(c1ccccc1)N1CCCCC1.Cl. The van der Waals surface area contributed by atoms with Crippen LogP contribution in [-0.2, 0) is 15.1 Å². The van der Waals surface area contributed by atoms with Crippen LogP contribution in [0.25, 0.3) is 0 Å². The number of fused-ring (bicyclic) bond motifs is 3. The van der Waals surface area contributed by atoms with E-state index in [1.54, 1.807) is 0 Å². The van der Waals surface area contributed by atoms with Gasteiger partial charge in [0.1, 0.15) is 11.1 Å². The van der Waals surface area contributed by atoms with Gasteiger partial charge in [-0.25, -0.2) is 4.79 Å². The lowest BCUT2D eigenvalue weighted by Crippen LogP contribution is -2.63. The molecule has 4 aliphatic heterocycles. The Morgan fingerprint density at radius 2 is 1.61 bits per heavy atom. The molecule has 0 aliphatic carbocycles. The number of ether oxygens (including phenoxy) is 1. The summed E-state index contributed by atoms with van der Waals surface area (Å²) in [7, 11) is 0. The molecule has 36 heavy (non-hydrogen) atoms. The maximum absolute atomic E-state index is 14.3. The highest BCUT2D eigenvalue weighted by molar-refractivity contribution is 5.85. The van der Waals surface area contributed by atoms with E-state index < -0.39 is 17.2 Å². The predicted octanol–water partition coefficient (Wildman–Crippen LogP) is 5.33.